The molecule has 30 heavy (non-hydrogen) atoms. The molecule has 0 unspecified atom stereocenters. The second kappa shape index (κ2) is 7.66. The predicted molar refractivity (Wildman–Crippen MR) is 119 cm³/mol. The fraction of sp³-hybridized carbons (Fsp3) is 0.143. The van der Waals surface area contributed by atoms with Gasteiger partial charge < -0.3 is 5.32 Å². The van der Waals surface area contributed by atoms with E-state index in [1.165, 1.54) is 4.68 Å². The van der Waals surface area contributed by atoms with Crippen molar-refractivity contribution < 1.29 is 4.79 Å². The third kappa shape index (κ3) is 3.50. The molecule has 0 saturated heterocycles. The molecular formula is C21H16BrN5O2S. The zero-order valence-electron chi connectivity index (χ0n) is 15.7. The van der Waals surface area contributed by atoms with Gasteiger partial charge in [-0.15, -0.1) is 11.3 Å². The monoisotopic (exact) mass is 481 g/mol. The van der Waals surface area contributed by atoms with Crippen molar-refractivity contribution in [3.8, 4) is 16.5 Å². The number of hydrogen-bond donors (Lipinski definition) is 2. The Morgan fingerprint density at radius 3 is 2.80 bits per heavy atom. The molecule has 3 aromatic heterocycles. The number of rotatable bonds is 4. The Morgan fingerprint density at radius 1 is 1.20 bits per heavy atom. The lowest BCUT2D eigenvalue weighted by Gasteiger charge is -2.09. The molecule has 0 bridgehead atoms. The summed E-state index contributed by atoms with van der Waals surface area (Å²) in [4.78, 5) is 33.7. The number of hydrogen-bond acceptors (Lipinski definition) is 5. The summed E-state index contributed by atoms with van der Waals surface area (Å²) in [6.07, 6.45) is 2.43. The van der Waals surface area contributed by atoms with Crippen molar-refractivity contribution in [3.63, 3.8) is 0 Å². The lowest BCUT2D eigenvalue weighted by molar-refractivity contribution is 0.102. The minimum atomic E-state index is -0.273. The van der Waals surface area contributed by atoms with Crippen LogP contribution >= 0.6 is 27.3 Å². The van der Waals surface area contributed by atoms with E-state index < -0.39 is 0 Å². The van der Waals surface area contributed by atoms with Crippen molar-refractivity contribution in [2.45, 2.75) is 19.3 Å². The number of carbonyl (C=O) groups is 1. The van der Waals surface area contributed by atoms with Crippen molar-refractivity contribution >= 4 is 39.0 Å². The van der Waals surface area contributed by atoms with Crippen LogP contribution in [-0.4, -0.2) is 25.7 Å². The maximum Gasteiger partial charge on any atom is 0.256 e. The van der Waals surface area contributed by atoms with E-state index in [-0.39, 0.29) is 11.5 Å². The summed E-state index contributed by atoms with van der Waals surface area (Å²) >= 11 is 4.92. The topological polar surface area (TPSA) is 92.7 Å². The average Bonchev–Trinajstić information content (AvgIpc) is 3.48. The largest absolute Gasteiger partial charge is 0.306 e. The smallest absolute Gasteiger partial charge is 0.256 e. The highest BCUT2D eigenvalue weighted by Crippen LogP contribution is 2.28. The van der Waals surface area contributed by atoms with E-state index in [9.17, 15) is 9.59 Å². The molecule has 4 aromatic rings. The van der Waals surface area contributed by atoms with Crippen LogP contribution in [0.15, 0.2) is 57.1 Å². The highest BCUT2D eigenvalue weighted by atomic mass is 79.9. The molecule has 0 atom stereocenters. The lowest BCUT2D eigenvalue weighted by Crippen LogP contribution is -2.21. The third-order valence-corrected chi connectivity index (χ3v) is 6.38. The first-order valence-corrected chi connectivity index (χ1v) is 11.1. The number of aromatic amines is 1. The SMILES string of the molecule is O=C(Nc1cc(-c2cccs2)nn1-c1nc2c(c(=O)[nH]1)CCC2)c1ccc(Br)cc1. The second-order valence-electron chi connectivity index (χ2n) is 6.93. The van der Waals surface area contributed by atoms with E-state index in [1.807, 2.05) is 29.6 Å². The number of amides is 1. The van der Waals surface area contributed by atoms with E-state index >= 15 is 0 Å². The van der Waals surface area contributed by atoms with Gasteiger partial charge >= 0.3 is 0 Å². The van der Waals surface area contributed by atoms with Gasteiger partial charge in [0.05, 0.1) is 10.6 Å². The summed E-state index contributed by atoms with van der Waals surface area (Å²) in [5.41, 5.74) is 2.60. The van der Waals surface area contributed by atoms with Gasteiger partial charge in [0.1, 0.15) is 11.5 Å². The lowest BCUT2D eigenvalue weighted by atomic mass is 10.2. The molecule has 0 aliphatic heterocycles. The Hall–Kier alpha value is -3.04. The molecule has 0 spiro atoms. The molecule has 0 radical (unpaired) electrons. The molecule has 1 aromatic carbocycles. The van der Waals surface area contributed by atoms with Crippen LogP contribution < -0.4 is 10.9 Å². The summed E-state index contributed by atoms with van der Waals surface area (Å²) in [6.45, 7) is 0. The van der Waals surface area contributed by atoms with Crippen molar-refractivity contribution in [2.75, 3.05) is 5.32 Å². The van der Waals surface area contributed by atoms with Crippen LogP contribution in [0.5, 0.6) is 0 Å². The molecule has 3 heterocycles. The maximum absolute atomic E-state index is 12.8. The van der Waals surface area contributed by atoms with Crippen molar-refractivity contribution in [2.24, 2.45) is 0 Å². The van der Waals surface area contributed by atoms with E-state index in [2.05, 4.69) is 36.3 Å². The summed E-state index contributed by atoms with van der Waals surface area (Å²) in [5.74, 6) is 0.465. The molecule has 0 fully saturated rings. The summed E-state index contributed by atoms with van der Waals surface area (Å²) < 4.78 is 2.38. The molecule has 7 nitrogen and oxygen atoms in total. The van der Waals surface area contributed by atoms with Crippen molar-refractivity contribution in [1.82, 2.24) is 19.7 Å². The number of anilines is 1. The second-order valence-corrected chi connectivity index (χ2v) is 8.80. The van der Waals surface area contributed by atoms with Crippen LogP contribution in [0.3, 0.4) is 0 Å². The summed E-state index contributed by atoms with van der Waals surface area (Å²) in [5, 5.41) is 9.49. The third-order valence-electron chi connectivity index (χ3n) is 4.96. The minimum Gasteiger partial charge on any atom is -0.306 e. The Kier molecular flexibility index (Phi) is 4.84. The van der Waals surface area contributed by atoms with Crippen LogP contribution in [0.25, 0.3) is 16.5 Å². The van der Waals surface area contributed by atoms with Gasteiger partial charge in [-0.2, -0.15) is 9.78 Å². The average molecular weight is 482 g/mol. The highest BCUT2D eigenvalue weighted by molar-refractivity contribution is 9.10. The number of carbonyl (C=O) groups excluding carboxylic acids is 1. The number of fused-ring (bicyclic) bond motifs is 1. The van der Waals surface area contributed by atoms with Crippen molar-refractivity contribution in [3.05, 3.63) is 79.5 Å². The summed E-state index contributed by atoms with van der Waals surface area (Å²) in [6, 6.07) is 12.8. The van der Waals surface area contributed by atoms with E-state index in [0.717, 1.165) is 39.9 Å². The Morgan fingerprint density at radius 2 is 2.03 bits per heavy atom. The molecule has 2 N–H and O–H groups in total. The molecule has 9 heteroatoms. The zero-order chi connectivity index (χ0) is 20.7. The zero-order valence-corrected chi connectivity index (χ0v) is 18.1. The number of aromatic nitrogens is 4. The van der Waals surface area contributed by atoms with Crippen LogP contribution in [0.2, 0.25) is 0 Å². The quantitative estimate of drug-likeness (QED) is 0.457. The fourth-order valence-corrected chi connectivity index (χ4v) is 4.44. The van der Waals surface area contributed by atoms with Gasteiger partial charge in [-0.1, -0.05) is 22.0 Å². The molecule has 150 valence electrons. The van der Waals surface area contributed by atoms with Crippen LogP contribution in [0, 0.1) is 0 Å². The van der Waals surface area contributed by atoms with Crippen LogP contribution in [-0.2, 0) is 12.8 Å². The van der Waals surface area contributed by atoms with Crippen LogP contribution in [0.4, 0.5) is 5.82 Å². The van der Waals surface area contributed by atoms with Gasteiger partial charge in [-0.05, 0) is 55.0 Å². The number of nitrogens with one attached hydrogen (secondary N) is 2. The molecule has 5 rings (SSSR count). The molecule has 1 amide bonds. The van der Waals surface area contributed by atoms with E-state index in [4.69, 9.17) is 0 Å². The van der Waals surface area contributed by atoms with Crippen molar-refractivity contribution in [1.29, 1.82) is 0 Å². The van der Waals surface area contributed by atoms with Gasteiger partial charge in [0.2, 0.25) is 5.95 Å². The molecule has 1 aliphatic rings. The van der Waals surface area contributed by atoms with Gasteiger partial charge in [-0.25, -0.2) is 4.98 Å². The normalized spacial score (nSPS) is 12.7. The predicted octanol–water partition coefficient (Wildman–Crippen LogP) is 4.19. The van der Waals surface area contributed by atoms with Gasteiger partial charge in [0.15, 0.2) is 0 Å². The number of benzene rings is 1. The molecule has 1 aliphatic carbocycles. The Balaban J connectivity index is 1.58. The van der Waals surface area contributed by atoms with E-state index in [1.54, 1.807) is 29.5 Å². The number of halogens is 1. The number of H-pyrrole nitrogens is 1. The van der Waals surface area contributed by atoms with Gasteiger partial charge in [-0.3, -0.25) is 14.6 Å². The van der Waals surface area contributed by atoms with E-state index in [0.29, 0.717) is 23.0 Å². The Bertz CT molecular complexity index is 1290. The number of aryl methyl sites for hydroxylation is 1. The first-order chi connectivity index (χ1) is 14.6. The minimum absolute atomic E-state index is 0.147. The summed E-state index contributed by atoms with van der Waals surface area (Å²) in [7, 11) is 0. The number of thiophene rings is 1. The molecular weight excluding hydrogens is 466 g/mol. The number of nitrogens with zero attached hydrogens (tertiary/aromatic N) is 3. The van der Waals surface area contributed by atoms with Gasteiger partial charge in [0.25, 0.3) is 11.5 Å². The maximum atomic E-state index is 12.8. The molecule has 0 saturated carbocycles. The fourth-order valence-electron chi connectivity index (χ4n) is 3.49. The van der Waals surface area contributed by atoms with Gasteiger partial charge in [0, 0.05) is 21.7 Å². The first kappa shape index (κ1) is 19.0. The highest BCUT2D eigenvalue weighted by Gasteiger charge is 2.21. The standard InChI is InChI=1S/C21H16BrN5O2S/c22-13-8-6-12(7-9-13)19(28)24-18-11-16(17-5-2-10-30-17)26-27(18)21-23-15-4-1-3-14(15)20(29)25-21/h2,5-11H,1,3-4H2,(H,24,28)(H,23,25,29). The Labute approximate surface area is 183 Å². The first-order valence-electron chi connectivity index (χ1n) is 9.42. The van der Waals surface area contributed by atoms with Crippen LogP contribution in [0.1, 0.15) is 28.0 Å².